The summed E-state index contributed by atoms with van der Waals surface area (Å²) in [4.78, 5) is 22.1. The summed E-state index contributed by atoms with van der Waals surface area (Å²) in [6.07, 6.45) is 7.79. The molecule has 2 heterocycles. The first kappa shape index (κ1) is 15.4. The minimum Gasteiger partial charge on any atom is -0.340 e. The molecule has 1 aliphatic heterocycles. The highest BCUT2D eigenvalue weighted by molar-refractivity contribution is 5.77. The summed E-state index contributed by atoms with van der Waals surface area (Å²) in [7, 11) is 0. The lowest BCUT2D eigenvalue weighted by atomic mass is 10.1. The lowest BCUT2D eigenvalue weighted by Gasteiger charge is -2.23. The number of carbonyl (C=O) groups is 1. The lowest BCUT2D eigenvalue weighted by molar-refractivity contribution is -0.132. The number of imidazole rings is 1. The van der Waals surface area contributed by atoms with Gasteiger partial charge < -0.3 is 9.88 Å². The van der Waals surface area contributed by atoms with Crippen molar-refractivity contribution in [2.75, 3.05) is 6.54 Å². The topological polar surface area (TPSA) is 49.0 Å². The van der Waals surface area contributed by atoms with Gasteiger partial charge in [0.1, 0.15) is 11.6 Å². The highest BCUT2D eigenvalue weighted by Crippen LogP contribution is 2.36. The molecule has 1 aliphatic carbocycles. The Morgan fingerprint density at radius 1 is 1.29 bits per heavy atom. The van der Waals surface area contributed by atoms with Crippen LogP contribution in [0.5, 0.6) is 0 Å². The van der Waals surface area contributed by atoms with Crippen molar-refractivity contribution in [1.82, 2.24) is 14.9 Å². The number of nitrogens with one attached hydrogen (secondary N) is 1. The van der Waals surface area contributed by atoms with Crippen molar-refractivity contribution in [3.05, 3.63) is 42.1 Å². The van der Waals surface area contributed by atoms with Gasteiger partial charge in [-0.3, -0.25) is 4.79 Å². The van der Waals surface area contributed by atoms with E-state index in [2.05, 4.69) is 9.97 Å². The van der Waals surface area contributed by atoms with Crippen molar-refractivity contribution in [3.8, 4) is 11.3 Å². The minimum atomic E-state index is -0.267. The number of halogens is 1. The third-order valence-electron chi connectivity index (χ3n) is 5.11. The smallest absolute Gasteiger partial charge is 0.223 e. The van der Waals surface area contributed by atoms with E-state index in [4.69, 9.17) is 0 Å². The fourth-order valence-corrected chi connectivity index (χ4v) is 3.55. The molecule has 0 bridgehead atoms. The number of rotatable bonds is 5. The van der Waals surface area contributed by atoms with Gasteiger partial charge in [-0.05, 0) is 37.3 Å². The second-order valence-electron chi connectivity index (χ2n) is 6.89. The van der Waals surface area contributed by atoms with Gasteiger partial charge in [0.2, 0.25) is 5.91 Å². The number of nitrogens with zero attached hydrogens (tertiary/aromatic N) is 2. The minimum absolute atomic E-state index is 0.00257. The molecule has 2 aromatic rings. The lowest BCUT2D eigenvalue weighted by Crippen LogP contribution is -2.30. The van der Waals surface area contributed by atoms with Crippen LogP contribution in [0, 0.1) is 11.7 Å². The Labute approximate surface area is 141 Å². The number of aromatic nitrogens is 2. The molecular weight excluding hydrogens is 305 g/mol. The van der Waals surface area contributed by atoms with Crippen LogP contribution in [-0.4, -0.2) is 27.3 Å². The second-order valence-corrected chi connectivity index (χ2v) is 6.89. The molecule has 0 unspecified atom stereocenters. The molecule has 24 heavy (non-hydrogen) atoms. The van der Waals surface area contributed by atoms with Crippen molar-refractivity contribution < 1.29 is 9.18 Å². The Balaban J connectivity index is 1.50. The van der Waals surface area contributed by atoms with Gasteiger partial charge in [0.05, 0.1) is 17.9 Å². The summed E-state index contributed by atoms with van der Waals surface area (Å²) in [5, 5.41) is 0. The van der Waals surface area contributed by atoms with Crippen LogP contribution in [0.2, 0.25) is 0 Å². The van der Waals surface area contributed by atoms with Crippen LogP contribution in [0.3, 0.4) is 0 Å². The third kappa shape index (κ3) is 3.07. The Morgan fingerprint density at radius 2 is 2.12 bits per heavy atom. The zero-order valence-electron chi connectivity index (χ0n) is 13.7. The molecule has 1 saturated carbocycles. The van der Waals surface area contributed by atoms with Crippen LogP contribution in [0.1, 0.15) is 50.4 Å². The molecule has 1 N–H and O–H groups in total. The van der Waals surface area contributed by atoms with Crippen molar-refractivity contribution in [2.45, 2.75) is 44.6 Å². The Bertz CT molecular complexity index is 738. The quantitative estimate of drug-likeness (QED) is 0.900. The fourth-order valence-electron chi connectivity index (χ4n) is 3.55. The molecule has 1 aromatic carbocycles. The van der Waals surface area contributed by atoms with Crippen molar-refractivity contribution >= 4 is 5.91 Å². The van der Waals surface area contributed by atoms with Crippen molar-refractivity contribution in [2.24, 2.45) is 5.92 Å². The normalized spacial score (nSPS) is 20.5. The largest absolute Gasteiger partial charge is 0.340 e. The molecule has 5 heteroatoms. The maximum Gasteiger partial charge on any atom is 0.223 e. The molecule has 2 aliphatic rings. The van der Waals surface area contributed by atoms with Crippen LogP contribution >= 0.6 is 0 Å². The van der Waals surface area contributed by atoms with Crippen molar-refractivity contribution in [1.29, 1.82) is 0 Å². The Hall–Kier alpha value is -2.17. The number of aromatic amines is 1. The number of carbonyl (C=O) groups excluding carboxylic acids is 1. The van der Waals surface area contributed by atoms with E-state index in [1.165, 1.54) is 18.9 Å². The van der Waals surface area contributed by atoms with Gasteiger partial charge in [-0.15, -0.1) is 0 Å². The maximum atomic E-state index is 13.9. The standard InChI is InChI=1S/C19H22FN3O/c20-15-5-2-1-4-14(15)16-12-21-19(22-16)17-6-3-11-23(17)18(24)10-9-13-7-8-13/h1-2,4-5,12-13,17H,3,6-11H2,(H,21,22)/t17-/m1/s1. The third-order valence-corrected chi connectivity index (χ3v) is 5.11. The molecule has 0 radical (unpaired) electrons. The number of likely N-dealkylation sites (tertiary alicyclic amines) is 1. The highest BCUT2D eigenvalue weighted by atomic mass is 19.1. The predicted octanol–water partition coefficient (Wildman–Crippen LogP) is 4.07. The van der Waals surface area contributed by atoms with Gasteiger partial charge in [0.25, 0.3) is 0 Å². The first-order chi connectivity index (χ1) is 11.7. The summed E-state index contributed by atoms with van der Waals surface area (Å²) in [6.45, 7) is 0.796. The number of amides is 1. The van der Waals surface area contributed by atoms with Crippen LogP contribution in [-0.2, 0) is 4.79 Å². The SMILES string of the molecule is O=C(CCC1CC1)N1CCC[C@@H]1c1ncc(-c2ccccc2F)[nH]1. The average Bonchev–Trinajstić information content (AvgIpc) is 3.09. The highest BCUT2D eigenvalue weighted by Gasteiger charge is 2.33. The fraction of sp³-hybridized carbons (Fsp3) is 0.474. The molecule has 1 amide bonds. The average molecular weight is 327 g/mol. The van der Waals surface area contributed by atoms with Crippen LogP contribution in [0.25, 0.3) is 11.3 Å². The summed E-state index contributed by atoms with van der Waals surface area (Å²) < 4.78 is 13.9. The number of hydrogen-bond acceptors (Lipinski definition) is 2. The molecule has 2 fully saturated rings. The van der Waals surface area contributed by atoms with Crippen molar-refractivity contribution in [3.63, 3.8) is 0 Å². The first-order valence-electron chi connectivity index (χ1n) is 8.81. The van der Waals surface area contributed by atoms with Gasteiger partial charge in [-0.1, -0.05) is 25.0 Å². The molecule has 126 valence electrons. The summed E-state index contributed by atoms with van der Waals surface area (Å²) in [6, 6.07) is 6.66. The molecule has 1 saturated heterocycles. The summed E-state index contributed by atoms with van der Waals surface area (Å²) in [5.74, 6) is 1.50. The molecule has 4 nitrogen and oxygen atoms in total. The Morgan fingerprint density at radius 3 is 2.92 bits per heavy atom. The van der Waals surface area contributed by atoms with E-state index in [0.717, 1.165) is 37.5 Å². The van der Waals surface area contributed by atoms with E-state index in [0.29, 0.717) is 17.7 Å². The number of H-pyrrole nitrogens is 1. The van der Waals surface area contributed by atoms with Crippen LogP contribution < -0.4 is 0 Å². The number of benzene rings is 1. The second kappa shape index (κ2) is 6.38. The van der Waals surface area contributed by atoms with Crippen LogP contribution in [0.4, 0.5) is 4.39 Å². The molecule has 1 atom stereocenters. The first-order valence-corrected chi connectivity index (χ1v) is 8.81. The van der Waals surface area contributed by atoms with Gasteiger partial charge in [0.15, 0.2) is 0 Å². The van der Waals surface area contributed by atoms with Gasteiger partial charge >= 0.3 is 0 Å². The zero-order valence-corrected chi connectivity index (χ0v) is 13.7. The summed E-state index contributed by atoms with van der Waals surface area (Å²) in [5.41, 5.74) is 1.18. The monoisotopic (exact) mass is 327 g/mol. The van der Waals surface area contributed by atoms with Gasteiger partial charge in [-0.25, -0.2) is 9.37 Å². The van der Waals surface area contributed by atoms with Gasteiger partial charge in [0, 0.05) is 18.5 Å². The van der Waals surface area contributed by atoms with Gasteiger partial charge in [-0.2, -0.15) is 0 Å². The van der Waals surface area contributed by atoms with E-state index in [1.54, 1.807) is 18.3 Å². The number of hydrogen-bond donors (Lipinski definition) is 1. The van der Waals surface area contributed by atoms with E-state index in [9.17, 15) is 9.18 Å². The molecular formula is C19H22FN3O. The molecule has 1 aromatic heterocycles. The molecule has 4 rings (SSSR count). The van der Waals surface area contributed by atoms with E-state index >= 15 is 0 Å². The molecule has 0 spiro atoms. The zero-order chi connectivity index (χ0) is 16.5. The van der Waals surface area contributed by atoms with E-state index in [1.807, 2.05) is 11.0 Å². The van der Waals surface area contributed by atoms with E-state index < -0.39 is 0 Å². The summed E-state index contributed by atoms with van der Waals surface area (Å²) >= 11 is 0. The predicted molar refractivity (Wildman–Crippen MR) is 89.6 cm³/mol. The Kier molecular flexibility index (Phi) is 4.08. The van der Waals surface area contributed by atoms with Crippen LogP contribution in [0.15, 0.2) is 30.5 Å². The van der Waals surface area contributed by atoms with E-state index in [-0.39, 0.29) is 17.8 Å². The maximum absolute atomic E-state index is 13.9.